The van der Waals surface area contributed by atoms with Gasteiger partial charge in [0, 0.05) is 11.6 Å². The van der Waals surface area contributed by atoms with Crippen LogP contribution in [-0.2, 0) is 21.7 Å². The molecular weight excluding hydrogens is 278 g/mol. The fourth-order valence-electron chi connectivity index (χ4n) is 1.06. The molecule has 0 unspecified atom stereocenters. The monoisotopic (exact) mass is 291 g/mol. The summed E-state index contributed by atoms with van der Waals surface area (Å²) in [6.07, 6.45) is 0. The first-order chi connectivity index (χ1) is 8.79. The zero-order chi connectivity index (χ0) is 13.1. The predicted molar refractivity (Wildman–Crippen MR) is 69.3 cm³/mol. The molecule has 19 heavy (non-hydrogen) atoms. The van der Waals surface area contributed by atoms with Gasteiger partial charge < -0.3 is 0 Å². The molecule has 0 heterocycles. The van der Waals surface area contributed by atoms with Crippen molar-refractivity contribution in [1.29, 1.82) is 0 Å². The van der Waals surface area contributed by atoms with Gasteiger partial charge in [0.25, 0.3) is 0 Å². The smallest absolute Gasteiger partial charge is 0.236 e. The van der Waals surface area contributed by atoms with E-state index in [1.165, 1.54) is 6.07 Å². The molecule has 1 radical (unpaired) electrons. The van der Waals surface area contributed by atoms with E-state index in [1.807, 2.05) is 66.7 Å². The number of benzene rings is 1. The third-order valence-corrected chi connectivity index (χ3v) is 1.84. The van der Waals surface area contributed by atoms with E-state index in [0.29, 0.717) is 0 Å². The Kier molecular flexibility index (Phi) is 10.7. The van der Waals surface area contributed by atoms with Crippen molar-refractivity contribution in [3.63, 3.8) is 0 Å². The maximum Gasteiger partial charge on any atom is 3.00 e. The summed E-state index contributed by atoms with van der Waals surface area (Å²) in [5.74, 6) is -1.32. The van der Waals surface area contributed by atoms with E-state index in [-0.39, 0.29) is 21.7 Å². The largest absolute Gasteiger partial charge is 3.00 e. The fraction of sp³-hybridized carbons (Fsp3) is 0. The molecule has 0 aliphatic heterocycles. The Hall–Kier alpha value is -1.51. The molecule has 0 aromatic heterocycles. The van der Waals surface area contributed by atoms with Crippen LogP contribution in [0.4, 0.5) is 8.78 Å². The maximum absolute atomic E-state index is 11.9. The third kappa shape index (κ3) is 10.1. The van der Waals surface area contributed by atoms with Crippen LogP contribution in [-0.4, -0.2) is 0 Å². The minimum atomic E-state index is -0.662. The van der Waals surface area contributed by atoms with Gasteiger partial charge in [-0.2, -0.15) is 42.5 Å². The molecule has 0 nitrogen and oxygen atoms in total. The molecule has 0 saturated carbocycles. The van der Waals surface area contributed by atoms with Crippen molar-refractivity contribution in [2.24, 2.45) is 0 Å². The van der Waals surface area contributed by atoms with Crippen molar-refractivity contribution in [3.8, 4) is 0 Å². The van der Waals surface area contributed by atoms with Gasteiger partial charge in [0.15, 0.2) is 0 Å². The van der Waals surface area contributed by atoms with Crippen molar-refractivity contribution in [3.05, 3.63) is 96.6 Å². The summed E-state index contributed by atoms with van der Waals surface area (Å²) >= 11 is 0. The van der Waals surface area contributed by atoms with Crippen LogP contribution >= 0.6 is 0 Å². The van der Waals surface area contributed by atoms with Gasteiger partial charge in [0.05, 0.1) is 0 Å². The number of halogens is 2. The molecule has 3 heteroatoms. The molecule has 0 atom stereocenters. The third-order valence-electron chi connectivity index (χ3n) is 1.84. The zero-order valence-electron chi connectivity index (χ0n) is 10.3. The number of hydrogen-bond acceptors (Lipinski definition) is 0. The normalized spacial score (nSPS) is 8.11. The molecule has 0 bridgehead atoms. The second-order valence-corrected chi connectivity index (χ2v) is 3.27. The molecule has 0 aliphatic carbocycles. The molecule has 0 aliphatic rings. The average molecular weight is 291 g/mol. The molecule has 0 spiro atoms. The van der Waals surface area contributed by atoms with Gasteiger partial charge in [-0.15, -0.1) is 18.2 Å². The Morgan fingerprint density at radius 1 is 0.684 bits per heavy atom. The SMILES string of the molecule is Fc1[c-]c(F)ccc1.[Ti+3].c1cc[cH-]c1.c1cc[cH-]c1. The van der Waals surface area contributed by atoms with Crippen LogP contribution in [0.2, 0.25) is 0 Å². The van der Waals surface area contributed by atoms with E-state index < -0.39 is 11.6 Å². The van der Waals surface area contributed by atoms with Crippen LogP contribution in [0.1, 0.15) is 0 Å². The van der Waals surface area contributed by atoms with Crippen molar-refractivity contribution < 1.29 is 30.5 Å². The zero-order valence-corrected chi connectivity index (χ0v) is 11.8. The molecule has 0 amide bonds. The first kappa shape index (κ1) is 17.5. The summed E-state index contributed by atoms with van der Waals surface area (Å²) < 4.78 is 23.7. The van der Waals surface area contributed by atoms with E-state index in [0.717, 1.165) is 12.1 Å². The van der Waals surface area contributed by atoms with Gasteiger partial charge in [-0.25, -0.2) is 33.0 Å². The van der Waals surface area contributed by atoms with Crippen LogP contribution in [0.25, 0.3) is 0 Å². The Labute approximate surface area is 127 Å². The van der Waals surface area contributed by atoms with Gasteiger partial charge in [-0.1, -0.05) is 0 Å². The molecule has 95 valence electrons. The minimum absolute atomic E-state index is 0. The summed E-state index contributed by atoms with van der Waals surface area (Å²) in [7, 11) is 0. The van der Waals surface area contributed by atoms with Crippen LogP contribution in [0.5, 0.6) is 0 Å². The molecule has 3 rings (SSSR count). The van der Waals surface area contributed by atoms with Crippen LogP contribution in [0.15, 0.2) is 78.9 Å². The summed E-state index contributed by atoms with van der Waals surface area (Å²) in [5, 5.41) is 0. The number of hydrogen-bond donors (Lipinski definition) is 0. The predicted octanol–water partition coefficient (Wildman–Crippen LogP) is 4.57. The van der Waals surface area contributed by atoms with Gasteiger partial charge in [-0.3, -0.25) is 0 Å². The Morgan fingerprint density at radius 3 is 1.21 bits per heavy atom. The second kappa shape index (κ2) is 11.6. The van der Waals surface area contributed by atoms with Crippen LogP contribution < -0.4 is 0 Å². The average Bonchev–Trinajstić information content (AvgIpc) is 3.09. The van der Waals surface area contributed by atoms with E-state index in [9.17, 15) is 8.78 Å². The summed E-state index contributed by atoms with van der Waals surface area (Å²) in [4.78, 5) is 0. The van der Waals surface area contributed by atoms with Crippen molar-refractivity contribution in [1.82, 2.24) is 0 Å². The molecule has 3 aromatic rings. The molecule has 0 N–H and O–H groups in total. The van der Waals surface area contributed by atoms with E-state index in [2.05, 4.69) is 0 Å². The first-order valence-electron chi connectivity index (χ1n) is 5.46. The first-order valence-corrected chi connectivity index (χ1v) is 5.46. The molecule has 3 aromatic carbocycles. The molecular formula is C16H13F2Ti. The Balaban J connectivity index is 0.000000259. The molecule has 0 saturated heterocycles. The van der Waals surface area contributed by atoms with E-state index >= 15 is 0 Å². The van der Waals surface area contributed by atoms with E-state index in [4.69, 9.17) is 0 Å². The van der Waals surface area contributed by atoms with Crippen LogP contribution in [0.3, 0.4) is 0 Å². The van der Waals surface area contributed by atoms with E-state index in [1.54, 1.807) is 0 Å². The Bertz CT molecular complexity index is 409. The van der Waals surface area contributed by atoms with Gasteiger partial charge >= 0.3 is 21.7 Å². The topological polar surface area (TPSA) is 0 Å². The Morgan fingerprint density at radius 2 is 1.05 bits per heavy atom. The van der Waals surface area contributed by atoms with Crippen molar-refractivity contribution in [2.75, 3.05) is 0 Å². The van der Waals surface area contributed by atoms with Gasteiger partial charge in [0.1, 0.15) is 0 Å². The van der Waals surface area contributed by atoms with Crippen molar-refractivity contribution in [2.45, 2.75) is 0 Å². The second-order valence-electron chi connectivity index (χ2n) is 3.27. The fourth-order valence-corrected chi connectivity index (χ4v) is 1.06. The summed E-state index contributed by atoms with van der Waals surface area (Å²) in [5.41, 5.74) is 0. The van der Waals surface area contributed by atoms with Gasteiger partial charge in [-0.05, 0) is 0 Å². The summed E-state index contributed by atoms with van der Waals surface area (Å²) in [6.45, 7) is 0. The minimum Gasteiger partial charge on any atom is -0.236 e. The quantitative estimate of drug-likeness (QED) is 0.420. The standard InChI is InChI=1S/C6H3F2.2C5H5.Ti/c7-5-2-1-3-6(8)4-5;2*1-2-4-5-3-1;/h1-3H;2*1-5H;/q3*-1;+3. The van der Waals surface area contributed by atoms with Gasteiger partial charge in [0.2, 0.25) is 0 Å². The maximum atomic E-state index is 11.9. The molecule has 0 fully saturated rings. The van der Waals surface area contributed by atoms with Crippen molar-refractivity contribution >= 4 is 0 Å². The number of rotatable bonds is 0. The van der Waals surface area contributed by atoms with Crippen LogP contribution in [0, 0.1) is 17.7 Å². The summed E-state index contributed by atoms with van der Waals surface area (Å²) in [6, 6.07) is 25.4.